The number of nitriles is 1. The van der Waals surface area contributed by atoms with Gasteiger partial charge in [-0.15, -0.1) is 6.58 Å². The third-order valence-corrected chi connectivity index (χ3v) is 5.04. The molecule has 3 heteroatoms. The van der Waals surface area contributed by atoms with Crippen LogP contribution >= 0.6 is 0 Å². The molecule has 0 saturated heterocycles. The molecule has 0 saturated carbocycles. The highest BCUT2D eigenvalue weighted by Crippen LogP contribution is 2.35. The van der Waals surface area contributed by atoms with E-state index in [0.717, 1.165) is 27.8 Å². The van der Waals surface area contributed by atoms with Gasteiger partial charge in [0.2, 0.25) is 0 Å². The van der Waals surface area contributed by atoms with E-state index in [2.05, 4.69) is 43.8 Å². The topological polar surface area (TPSA) is 42.2 Å². The van der Waals surface area contributed by atoms with Gasteiger partial charge in [0.15, 0.2) is 11.5 Å². The third-order valence-electron chi connectivity index (χ3n) is 5.04. The first kappa shape index (κ1) is 21.9. The van der Waals surface area contributed by atoms with Gasteiger partial charge in [0.05, 0.1) is 18.8 Å². The summed E-state index contributed by atoms with van der Waals surface area (Å²) < 4.78 is 11.8. The molecule has 0 aliphatic rings. The van der Waals surface area contributed by atoms with Crippen molar-refractivity contribution in [2.75, 3.05) is 7.11 Å². The van der Waals surface area contributed by atoms with Gasteiger partial charge in [0.25, 0.3) is 0 Å². The zero-order valence-electron chi connectivity index (χ0n) is 18.3. The van der Waals surface area contributed by atoms with Crippen LogP contribution < -0.4 is 9.47 Å². The van der Waals surface area contributed by atoms with Crippen molar-refractivity contribution in [1.82, 2.24) is 0 Å². The minimum atomic E-state index is 0.447. The minimum Gasteiger partial charge on any atom is -0.493 e. The molecule has 0 unspecified atom stereocenters. The second-order valence-electron chi connectivity index (χ2n) is 7.51. The van der Waals surface area contributed by atoms with Crippen LogP contribution in [0.3, 0.4) is 0 Å². The van der Waals surface area contributed by atoms with Crippen LogP contribution in [0.25, 0.3) is 11.6 Å². The number of ether oxygens (including phenoxy) is 2. The Morgan fingerprint density at radius 2 is 1.65 bits per heavy atom. The SMILES string of the molecule is C=CCc1cc(/C=C(/C#N)c2ccc(C)cc2)cc(OC)c1OCc1ccc(C)cc1. The first-order valence-corrected chi connectivity index (χ1v) is 10.2. The largest absolute Gasteiger partial charge is 0.493 e. The summed E-state index contributed by atoms with van der Waals surface area (Å²) in [5.74, 6) is 1.34. The lowest BCUT2D eigenvalue weighted by Crippen LogP contribution is -2.02. The Labute approximate surface area is 184 Å². The Hall–Kier alpha value is -3.77. The quantitative estimate of drug-likeness (QED) is 0.237. The summed E-state index contributed by atoms with van der Waals surface area (Å²) in [5, 5.41) is 9.70. The monoisotopic (exact) mass is 409 g/mol. The number of methoxy groups -OCH3 is 1. The summed E-state index contributed by atoms with van der Waals surface area (Å²) in [5.41, 5.74) is 6.80. The maximum Gasteiger partial charge on any atom is 0.165 e. The summed E-state index contributed by atoms with van der Waals surface area (Å²) in [4.78, 5) is 0. The molecule has 3 aromatic rings. The number of hydrogen-bond acceptors (Lipinski definition) is 3. The summed E-state index contributed by atoms with van der Waals surface area (Å²) in [6, 6.07) is 22.5. The molecule has 0 spiro atoms. The van der Waals surface area contributed by atoms with Crippen molar-refractivity contribution in [3.05, 3.63) is 107 Å². The number of nitrogens with zero attached hydrogens (tertiary/aromatic N) is 1. The van der Waals surface area contributed by atoms with Crippen molar-refractivity contribution in [2.45, 2.75) is 26.9 Å². The van der Waals surface area contributed by atoms with E-state index in [-0.39, 0.29) is 0 Å². The van der Waals surface area contributed by atoms with E-state index >= 15 is 0 Å². The lowest BCUT2D eigenvalue weighted by molar-refractivity contribution is 0.282. The second-order valence-corrected chi connectivity index (χ2v) is 7.51. The van der Waals surface area contributed by atoms with Gasteiger partial charge in [-0.05, 0) is 55.2 Å². The Morgan fingerprint density at radius 3 is 2.23 bits per heavy atom. The molecule has 0 amide bonds. The van der Waals surface area contributed by atoms with E-state index in [1.165, 1.54) is 5.56 Å². The van der Waals surface area contributed by atoms with Gasteiger partial charge < -0.3 is 9.47 Å². The Kier molecular flexibility index (Phi) is 7.30. The van der Waals surface area contributed by atoms with Crippen LogP contribution in [-0.4, -0.2) is 7.11 Å². The van der Waals surface area contributed by atoms with E-state index in [9.17, 15) is 5.26 Å². The molecule has 0 heterocycles. The first-order valence-electron chi connectivity index (χ1n) is 10.2. The lowest BCUT2D eigenvalue weighted by Gasteiger charge is -2.16. The van der Waals surface area contributed by atoms with Crippen molar-refractivity contribution >= 4 is 11.6 Å². The number of aryl methyl sites for hydroxylation is 2. The van der Waals surface area contributed by atoms with Crippen LogP contribution in [-0.2, 0) is 13.0 Å². The maximum absolute atomic E-state index is 9.70. The minimum absolute atomic E-state index is 0.447. The number of allylic oxidation sites excluding steroid dienone is 2. The van der Waals surface area contributed by atoms with Gasteiger partial charge in [-0.25, -0.2) is 0 Å². The predicted octanol–water partition coefficient (Wildman–Crippen LogP) is 6.68. The molecule has 0 aliphatic carbocycles. The van der Waals surface area contributed by atoms with E-state index < -0.39 is 0 Å². The zero-order chi connectivity index (χ0) is 22.2. The highest BCUT2D eigenvalue weighted by molar-refractivity contribution is 5.90. The number of hydrogen-bond donors (Lipinski definition) is 0. The third kappa shape index (κ3) is 5.65. The van der Waals surface area contributed by atoms with Crippen LogP contribution in [0.4, 0.5) is 0 Å². The van der Waals surface area contributed by atoms with Gasteiger partial charge in [0, 0.05) is 5.56 Å². The summed E-state index contributed by atoms with van der Waals surface area (Å²) in [6.07, 6.45) is 4.35. The molecule has 3 nitrogen and oxygen atoms in total. The average Bonchev–Trinajstić information content (AvgIpc) is 2.78. The molecule has 0 N–H and O–H groups in total. The molecule has 31 heavy (non-hydrogen) atoms. The number of benzene rings is 3. The fourth-order valence-electron chi connectivity index (χ4n) is 3.31. The predicted molar refractivity (Wildman–Crippen MR) is 127 cm³/mol. The Morgan fingerprint density at radius 1 is 1.00 bits per heavy atom. The molecule has 3 rings (SSSR count). The van der Waals surface area contributed by atoms with Crippen LogP contribution in [0, 0.1) is 25.2 Å². The van der Waals surface area contributed by atoms with Crippen molar-refractivity contribution < 1.29 is 9.47 Å². The molecular formula is C28H27NO2. The van der Waals surface area contributed by atoms with Crippen LogP contribution in [0.15, 0.2) is 73.3 Å². The van der Waals surface area contributed by atoms with Gasteiger partial charge in [0.1, 0.15) is 6.61 Å². The van der Waals surface area contributed by atoms with Gasteiger partial charge >= 0.3 is 0 Å². The fourth-order valence-corrected chi connectivity index (χ4v) is 3.31. The summed E-state index contributed by atoms with van der Waals surface area (Å²) in [7, 11) is 1.63. The Bertz CT molecular complexity index is 1120. The molecule has 0 bridgehead atoms. The average molecular weight is 410 g/mol. The van der Waals surface area contributed by atoms with Crippen molar-refractivity contribution in [1.29, 1.82) is 5.26 Å². The molecule has 0 radical (unpaired) electrons. The molecule has 156 valence electrons. The van der Waals surface area contributed by atoms with Crippen LogP contribution in [0.5, 0.6) is 11.5 Å². The molecule has 0 fully saturated rings. The molecular weight excluding hydrogens is 382 g/mol. The normalized spacial score (nSPS) is 11.0. The molecule has 3 aromatic carbocycles. The second kappa shape index (κ2) is 10.3. The van der Waals surface area contributed by atoms with E-state index in [4.69, 9.17) is 9.47 Å². The van der Waals surface area contributed by atoms with Crippen LogP contribution in [0.1, 0.15) is 33.4 Å². The lowest BCUT2D eigenvalue weighted by atomic mass is 10.00. The van der Waals surface area contributed by atoms with E-state index in [1.54, 1.807) is 7.11 Å². The fraction of sp³-hybridized carbons (Fsp3) is 0.179. The van der Waals surface area contributed by atoms with E-state index in [1.807, 2.05) is 55.5 Å². The highest BCUT2D eigenvalue weighted by Gasteiger charge is 2.13. The number of rotatable bonds is 8. The smallest absolute Gasteiger partial charge is 0.165 e. The first-order chi connectivity index (χ1) is 15.0. The zero-order valence-corrected chi connectivity index (χ0v) is 18.3. The summed E-state index contributed by atoms with van der Waals surface area (Å²) in [6.45, 7) is 8.42. The van der Waals surface area contributed by atoms with Gasteiger partial charge in [-0.1, -0.05) is 65.7 Å². The highest BCUT2D eigenvalue weighted by atomic mass is 16.5. The molecule has 0 aliphatic heterocycles. The Balaban J connectivity index is 1.96. The van der Waals surface area contributed by atoms with Gasteiger partial charge in [-0.3, -0.25) is 0 Å². The van der Waals surface area contributed by atoms with Crippen molar-refractivity contribution in [3.63, 3.8) is 0 Å². The van der Waals surface area contributed by atoms with E-state index in [0.29, 0.717) is 30.1 Å². The van der Waals surface area contributed by atoms with Crippen molar-refractivity contribution in [3.8, 4) is 17.6 Å². The molecule has 0 atom stereocenters. The standard InChI is InChI=1S/C28H27NO2/c1-5-6-25-15-23(16-26(18-29)24-13-9-21(3)10-14-24)17-27(30-4)28(25)31-19-22-11-7-20(2)8-12-22/h5,7-17H,1,6,19H2,2-4H3/b26-16-. The van der Waals surface area contributed by atoms with Crippen LogP contribution in [0.2, 0.25) is 0 Å². The molecule has 0 aromatic heterocycles. The maximum atomic E-state index is 9.70. The van der Waals surface area contributed by atoms with Gasteiger partial charge in [-0.2, -0.15) is 5.26 Å². The summed E-state index contributed by atoms with van der Waals surface area (Å²) >= 11 is 0. The van der Waals surface area contributed by atoms with Crippen molar-refractivity contribution in [2.24, 2.45) is 0 Å².